The maximum Gasteiger partial charge on any atom is 0.154 e. The Morgan fingerprint density at radius 1 is 1.12 bits per heavy atom. The number of aromatic nitrogens is 3. The second-order valence-corrected chi connectivity index (χ2v) is 5.64. The molecule has 2 aliphatic rings. The molecule has 0 spiro atoms. The van der Waals surface area contributed by atoms with E-state index in [1.54, 1.807) is 0 Å². The van der Waals surface area contributed by atoms with Crippen molar-refractivity contribution in [2.75, 3.05) is 0 Å². The highest BCUT2D eigenvalue weighted by molar-refractivity contribution is 5.06. The van der Waals surface area contributed by atoms with Crippen molar-refractivity contribution < 1.29 is 0 Å². The Kier molecular flexibility index (Phi) is 2.90. The van der Waals surface area contributed by atoms with Crippen LogP contribution in [0.1, 0.15) is 81.5 Å². The van der Waals surface area contributed by atoms with Crippen molar-refractivity contribution in [3.8, 4) is 0 Å². The van der Waals surface area contributed by atoms with Crippen molar-refractivity contribution in [2.24, 2.45) is 5.73 Å². The zero-order valence-corrected chi connectivity index (χ0v) is 10.6. The SMILES string of the molecule is CC1CCC(N)c2nc(C3CCCCC3)nn21. The molecule has 2 heterocycles. The fraction of sp³-hybridized carbons (Fsp3) is 0.846. The standard InChI is InChI=1S/C13H22N4/c1-9-7-8-11(14)13-15-12(16-17(9)13)10-5-3-2-4-6-10/h9-11H,2-8,14H2,1H3. The second kappa shape index (κ2) is 4.41. The van der Waals surface area contributed by atoms with Gasteiger partial charge in [0.2, 0.25) is 0 Å². The van der Waals surface area contributed by atoms with E-state index in [0.717, 1.165) is 24.5 Å². The summed E-state index contributed by atoms with van der Waals surface area (Å²) >= 11 is 0. The molecule has 4 heteroatoms. The second-order valence-electron chi connectivity index (χ2n) is 5.64. The van der Waals surface area contributed by atoms with E-state index in [1.165, 1.54) is 32.1 Å². The van der Waals surface area contributed by atoms with Crippen molar-refractivity contribution in [1.82, 2.24) is 14.8 Å². The maximum absolute atomic E-state index is 6.13. The average molecular weight is 234 g/mol. The molecule has 4 nitrogen and oxygen atoms in total. The van der Waals surface area contributed by atoms with Crippen LogP contribution in [-0.2, 0) is 0 Å². The number of nitrogens with zero attached hydrogens (tertiary/aromatic N) is 3. The van der Waals surface area contributed by atoms with Crippen molar-refractivity contribution in [2.45, 2.75) is 69.9 Å². The van der Waals surface area contributed by atoms with Gasteiger partial charge in [-0.05, 0) is 32.6 Å². The van der Waals surface area contributed by atoms with Crippen LogP contribution in [0.4, 0.5) is 0 Å². The predicted octanol–water partition coefficient (Wildman–Crippen LogP) is 2.68. The number of hydrogen-bond acceptors (Lipinski definition) is 3. The highest BCUT2D eigenvalue weighted by atomic mass is 15.4. The molecule has 1 saturated carbocycles. The van der Waals surface area contributed by atoms with Gasteiger partial charge in [0, 0.05) is 5.92 Å². The van der Waals surface area contributed by atoms with E-state index < -0.39 is 0 Å². The first kappa shape index (κ1) is 11.2. The van der Waals surface area contributed by atoms with Gasteiger partial charge in [-0.15, -0.1) is 0 Å². The van der Waals surface area contributed by atoms with Crippen LogP contribution in [0, 0.1) is 0 Å². The predicted molar refractivity (Wildman–Crippen MR) is 66.7 cm³/mol. The molecule has 2 unspecified atom stereocenters. The van der Waals surface area contributed by atoms with Crippen molar-refractivity contribution in [1.29, 1.82) is 0 Å². The monoisotopic (exact) mass is 234 g/mol. The number of hydrogen-bond donors (Lipinski definition) is 1. The van der Waals surface area contributed by atoms with Crippen LogP contribution in [0.15, 0.2) is 0 Å². The van der Waals surface area contributed by atoms with Gasteiger partial charge >= 0.3 is 0 Å². The van der Waals surface area contributed by atoms with Gasteiger partial charge in [0.05, 0.1) is 12.1 Å². The van der Waals surface area contributed by atoms with Gasteiger partial charge in [-0.3, -0.25) is 0 Å². The van der Waals surface area contributed by atoms with E-state index in [4.69, 9.17) is 15.8 Å². The van der Waals surface area contributed by atoms with Gasteiger partial charge in [-0.1, -0.05) is 19.3 Å². The Balaban J connectivity index is 1.89. The van der Waals surface area contributed by atoms with Crippen molar-refractivity contribution in [3.63, 3.8) is 0 Å². The maximum atomic E-state index is 6.13. The lowest BCUT2D eigenvalue weighted by Gasteiger charge is -2.23. The van der Waals surface area contributed by atoms with Crippen molar-refractivity contribution in [3.05, 3.63) is 11.6 Å². The van der Waals surface area contributed by atoms with Gasteiger partial charge < -0.3 is 5.73 Å². The third-order valence-corrected chi connectivity index (χ3v) is 4.29. The number of fused-ring (bicyclic) bond motifs is 1. The average Bonchev–Trinajstić information content (AvgIpc) is 2.81. The van der Waals surface area contributed by atoms with Crippen LogP contribution in [0.3, 0.4) is 0 Å². The number of nitrogens with two attached hydrogens (primary N) is 1. The Morgan fingerprint density at radius 2 is 1.88 bits per heavy atom. The molecule has 1 aliphatic carbocycles. The van der Waals surface area contributed by atoms with Gasteiger partial charge in [0.1, 0.15) is 5.82 Å². The fourth-order valence-corrected chi connectivity index (χ4v) is 3.14. The van der Waals surface area contributed by atoms with E-state index in [0.29, 0.717) is 12.0 Å². The summed E-state index contributed by atoms with van der Waals surface area (Å²) in [7, 11) is 0. The highest BCUT2D eigenvalue weighted by Crippen LogP contribution is 2.34. The summed E-state index contributed by atoms with van der Waals surface area (Å²) in [5.74, 6) is 2.66. The fourth-order valence-electron chi connectivity index (χ4n) is 3.14. The van der Waals surface area contributed by atoms with E-state index in [1.807, 2.05) is 0 Å². The van der Waals surface area contributed by atoms with Crippen LogP contribution in [0.25, 0.3) is 0 Å². The zero-order chi connectivity index (χ0) is 11.8. The lowest BCUT2D eigenvalue weighted by atomic mass is 9.89. The first-order chi connectivity index (χ1) is 8.25. The third-order valence-electron chi connectivity index (χ3n) is 4.29. The summed E-state index contributed by atoms with van der Waals surface area (Å²) < 4.78 is 2.08. The third kappa shape index (κ3) is 1.99. The summed E-state index contributed by atoms with van der Waals surface area (Å²) in [6.07, 6.45) is 8.72. The van der Waals surface area contributed by atoms with Crippen LogP contribution < -0.4 is 5.73 Å². The van der Waals surface area contributed by atoms with E-state index >= 15 is 0 Å². The van der Waals surface area contributed by atoms with Crippen LogP contribution in [-0.4, -0.2) is 14.8 Å². The zero-order valence-electron chi connectivity index (χ0n) is 10.6. The van der Waals surface area contributed by atoms with Gasteiger partial charge in [0.25, 0.3) is 0 Å². The molecule has 0 bridgehead atoms. The topological polar surface area (TPSA) is 56.7 Å². The molecule has 1 aliphatic heterocycles. The molecule has 0 aromatic carbocycles. The molecule has 2 N–H and O–H groups in total. The van der Waals surface area contributed by atoms with E-state index in [2.05, 4.69) is 11.6 Å². The quantitative estimate of drug-likeness (QED) is 0.812. The highest BCUT2D eigenvalue weighted by Gasteiger charge is 2.28. The Bertz CT molecular complexity index is 365. The Morgan fingerprint density at radius 3 is 2.59 bits per heavy atom. The summed E-state index contributed by atoms with van der Waals surface area (Å²) in [6, 6.07) is 0.561. The lowest BCUT2D eigenvalue weighted by Crippen LogP contribution is -2.25. The molecule has 1 fully saturated rings. The summed E-state index contributed by atoms with van der Waals surface area (Å²) in [5.41, 5.74) is 6.13. The minimum Gasteiger partial charge on any atom is -0.321 e. The molecule has 0 amide bonds. The first-order valence-electron chi connectivity index (χ1n) is 6.97. The minimum absolute atomic E-state index is 0.0936. The van der Waals surface area contributed by atoms with Crippen molar-refractivity contribution >= 4 is 0 Å². The minimum atomic E-state index is 0.0936. The molecule has 2 atom stereocenters. The molecule has 0 radical (unpaired) electrons. The summed E-state index contributed by atoms with van der Waals surface area (Å²) in [4.78, 5) is 4.73. The molecule has 3 rings (SSSR count). The Hall–Kier alpha value is -0.900. The molecule has 0 saturated heterocycles. The van der Waals surface area contributed by atoms with E-state index in [9.17, 15) is 0 Å². The molecule has 17 heavy (non-hydrogen) atoms. The smallest absolute Gasteiger partial charge is 0.154 e. The van der Waals surface area contributed by atoms with Crippen LogP contribution >= 0.6 is 0 Å². The largest absolute Gasteiger partial charge is 0.321 e. The first-order valence-corrected chi connectivity index (χ1v) is 6.97. The van der Waals surface area contributed by atoms with Crippen LogP contribution in [0.5, 0.6) is 0 Å². The number of rotatable bonds is 1. The summed E-state index contributed by atoms with van der Waals surface area (Å²) in [6.45, 7) is 2.22. The van der Waals surface area contributed by atoms with Gasteiger partial charge in [0.15, 0.2) is 5.82 Å². The molecule has 94 valence electrons. The summed E-state index contributed by atoms with van der Waals surface area (Å²) in [5, 5.41) is 4.73. The van der Waals surface area contributed by atoms with Crippen LogP contribution in [0.2, 0.25) is 0 Å². The normalized spacial score (nSPS) is 30.2. The van der Waals surface area contributed by atoms with E-state index in [-0.39, 0.29) is 6.04 Å². The molecule has 1 aromatic heterocycles. The van der Waals surface area contributed by atoms with Gasteiger partial charge in [-0.2, -0.15) is 5.10 Å². The molecular weight excluding hydrogens is 212 g/mol. The molecular formula is C13H22N4. The Labute approximate surface area is 103 Å². The van der Waals surface area contributed by atoms with Gasteiger partial charge in [-0.25, -0.2) is 9.67 Å². The molecule has 1 aromatic rings. The lowest BCUT2D eigenvalue weighted by molar-refractivity contribution is 0.347.